The van der Waals surface area contributed by atoms with Crippen molar-refractivity contribution in [3.8, 4) is 0 Å². The molecule has 0 aromatic heterocycles. The van der Waals surface area contributed by atoms with Crippen molar-refractivity contribution in [2.75, 3.05) is 6.54 Å². The van der Waals surface area contributed by atoms with E-state index in [9.17, 15) is 19.1 Å². The highest BCUT2D eigenvalue weighted by atomic mass is 19.1. The van der Waals surface area contributed by atoms with Gasteiger partial charge in [-0.3, -0.25) is 9.59 Å². The Morgan fingerprint density at radius 3 is 2.74 bits per heavy atom. The van der Waals surface area contributed by atoms with Crippen LogP contribution >= 0.6 is 0 Å². The van der Waals surface area contributed by atoms with E-state index in [1.807, 2.05) is 11.8 Å². The highest BCUT2D eigenvalue weighted by molar-refractivity contribution is 5.95. The van der Waals surface area contributed by atoms with E-state index < -0.39 is 17.8 Å². The third-order valence-corrected chi connectivity index (χ3v) is 6.49. The van der Waals surface area contributed by atoms with E-state index in [4.69, 9.17) is 0 Å². The summed E-state index contributed by atoms with van der Waals surface area (Å²) in [7, 11) is 0. The van der Waals surface area contributed by atoms with Crippen LogP contribution < -0.4 is 5.32 Å². The maximum Gasteiger partial charge on any atom is 0.254 e. The number of carbonyl (C=O) groups excluding carboxylic acids is 2. The number of nitrogens with zero attached hydrogens (tertiary/aromatic N) is 1. The lowest BCUT2D eigenvalue weighted by atomic mass is 9.85. The molecule has 146 valence electrons. The van der Waals surface area contributed by atoms with E-state index in [1.54, 1.807) is 12.1 Å². The number of nitrogens with one attached hydrogen (secondary N) is 1. The molecule has 0 spiro atoms. The topological polar surface area (TPSA) is 69.6 Å². The number of aliphatic hydroxyl groups excluding tert-OH is 1. The van der Waals surface area contributed by atoms with Crippen molar-refractivity contribution in [3.63, 3.8) is 0 Å². The Balaban J connectivity index is 1.45. The van der Waals surface area contributed by atoms with Crippen molar-refractivity contribution in [1.29, 1.82) is 0 Å². The van der Waals surface area contributed by atoms with Crippen LogP contribution in [0.15, 0.2) is 18.2 Å². The molecule has 1 heterocycles. The first kappa shape index (κ1) is 18.4. The lowest BCUT2D eigenvalue weighted by Gasteiger charge is -2.38. The molecule has 0 radical (unpaired) electrons. The number of rotatable bonds is 3. The molecule has 2 amide bonds. The molecule has 5 atom stereocenters. The molecule has 1 aromatic rings. The summed E-state index contributed by atoms with van der Waals surface area (Å²) in [6.45, 7) is 2.53. The Kier molecular flexibility index (Phi) is 4.93. The summed E-state index contributed by atoms with van der Waals surface area (Å²) >= 11 is 0. The van der Waals surface area contributed by atoms with Gasteiger partial charge in [0.05, 0.1) is 23.6 Å². The van der Waals surface area contributed by atoms with Gasteiger partial charge < -0.3 is 15.3 Å². The van der Waals surface area contributed by atoms with Crippen molar-refractivity contribution < 1.29 is 19.1 Å². The van der Waals surface area contributed by atoms with Gasteiger partial charge in [-0.1, -0.05) is 24.5 Å². The minimum Gasteiger partial charge on any atom is -0.392 e. The van der Waals surface area contributed by atoms with E-state index in [2.05, 4.69) is 5.32 Å². The maximum atomic E-state index is 14.0. The second-order valence-corrected chi connectivity index (χ2v) is 8.42. The number of amides is 2. The van der Waals surface area contributed by atoms with Gasteiger partial charge in [0.1, 0.15) is 5.82 Å². The van der Waals surface area contributed by atoms with Crippen LogP contribution in [0, 0.1) is 24.6 Å². The van der Waals surface area contributed by atoms with Crippen molar-refractivity contribution in [1.82, 2.24) is 10.2 Å². The lowest BCUT2D eigenvalue weighted by Crippen LogP contribution is -2.54. The van der Waals surface area contributed by atoms with Crippen LogP contribution in [0.2, 0.25) is 0 Å². The average molecular weight is 374 g/mol. The molecule has 5 nitrogen and oxygen atoms in total. The SMILES string of the molecule is Cc1ccc(F)c(C(=O)N[C@@H]2C[C@@H]3C[C@H]2N(C(=O)[C@@H]2CCCC[C@H]2O)C3)c1. The van der Waals surface area contributed by atoms with Crippen molar-refractivity contribution in [3.05, 3.63) is 35.1 Å². The third kappa shape index (κ3) is 3.47. The zero-order valence-electron chi connectivity index (χ0n) is 15.7. The summed E-state index contributed by atoms with van der Waals surface area (Å²) < 4.78 is 14.0. The number of aliphatic hydroxyl groups is 1. The van der Waals surface area contributed by atoms with E-state index >= 15 is 0 Å². The Morgan fingerprint density at radius 1 is 1.22 bits per heavy atom. The summed E-state index contributed by atoms with van der Waals surface area (Å²) in [6, 6.07) is 4.30. The molecule has 4 rings (SSSR count). The molecule has 1 aliphatic heterocycles. The number of piperidine rings is 1. The van der Waals surface area contributed by atoms with E-state index in [0.717, 1.165) is 37.7 Å². The summed E-state index contributed by atoms with van der Waals surface area (Å²) in [4.78, 5) is 27.4. The van der Waals surface area contributed by atoms with Crippen molar-refractivity contribution >= 4 is 11.8 Å². The average Bonchev–Trinajstić information content (AvgIpc) is 3.24. The van der Waals surface area contributed by atoms with Crippen LogP contribution in [0.1, 0.15) is 54.4 Å². The minimum absolute atomic E-state index is 0.0235. The number of likely N-dealkylation sites (tertiary alicyclic amines) is 1. The molecular weight excluding hydrogens is 347 g/mol. The van der Waals surface area contributed by atoms with Crippen LogP contribution in [0.3, 0.4) is 0 Å². The molecule has 2 N–H and O–H groups in total. The number of aryl methyl sites for hydroxylation is 1. The Hall–Kier alpha value is -1.95. The highest BCUT2D eigenvalue weighted by Gasteiger charge is 2.49. The normalized spacial score (nSPS) is 32.6. The monoisotopic (exact) mass is 374 g/mol. The zero-order chi connectivity index (χ0) is 19.1. The predicted molar refractivity (Wildman–Crippen MR) is 98.6 cm³/mol. The largest absolute Gasteiger partial charge is 0.392 e. The maximum absolute atomic E-state index is 14.0. The quantitative estimate of drug-likeness (QED) is 0.854. The molecule has 2 bridgehead atoms. The molecule has 1 aromatic carbocycles. The first-order valence-corrected chi connectivity index (χ1v) is 9.99. The van der Waals surface area contributed by atoms with E-state index in [1.165, 1.54) is 6.07 Å². The summed E-state index contributed by atoms with van der Waals surface area (Å²) in [6.07, 6.45) is 4.50. The van der Waals surface area contributed by atoms with Crippen LogP contribution in [-0.2, 0) is 4.79 Å². The van der Waals surface area contributed by atoms with Gasteiger partial charge >= 0.3 is 0 Å². The Labute approximate surface area is 158 Å². The zero-order valence-corrected chi connectivity index (χ0v) is 15.7. The smallest absolute Gasteiger partial charge is 0.254 e. The van der Waals surface area contributed by atoms with Gasteiger partial charge in [-0.2, -0.15) is 0 Å². The second-order valence-electron chi connectivity index (χ2n) is 8.42. The Morgan fingerprint density at radius 2 is 2.00 bits per heavy atom. The van der Waals surface area contributed by atoms with Gasteiger partial charge in [0.2, 0.25) is 5.91 Å². The highest BCUT2D eigenvalue weighted by Crippen LogP contribution is 2.40. The molecule has 0 unspecified atom stereocenters. The van der Waals surface area contributed by atoms with Gasteiger partial charge in [0.25, 0.3) is 5.91 Å². The van der Waals surface area contributed by atoms with Gasteiger partial charge in [-0.15, -0.1) is 0 Å². The molecule has 2 aliphatic carbocycles. The van der Waals surface area contributed by atoms with Gasteiger partial charge in [-0.25, -0.2) is 4.39 Å². The fraction of sp³-hybridized carbons (Fsp3) is 0.619. The van der Waals surface area contributed by atoms with E-state index in [-0.39, 0.29) is 29.5 Å². The number of benzene rings is 1. The first-order chi connectivity index (χ1) is 12.9. The molecule has 27 heavy (non-hydrogen) atoms. The van der Waals surface area contributed by atoms with Crippen LogP contribution in [-0.4, -0.2) is 46.6 Å². The van der Waals surface area contributed by atoms with Crippen LogP contribution in [0.4, 0.5) is 4.39 Å². The van der Waals surface area contributed by atoms with Crippen molar-refractivity contribution in [2.24, 2.45) is 11.8 Å². The van der Waals surface area contributed by atoms with E-state index in [0.29, 0.717) is 18.9 Å². The summed E-state index contributed by atoms with van der Waals surface area (Å²) in [5, 5.41) is 13.2. The Bertz CT molecular complexity index is 753. The number of fused-ring (bicyclic) bond motifs is 2. The fourth-order valence-corrected chi connectivity index (χ4v) is 5.11. The van der Waals surface area contributed by atoms with Gasteiger partial charge in [0.15, 0.2) is 0 Å². The number of hydrogen-bond acceptors (Lipinski definition) is 3. The number of carbonyl (C=O) groups is 2. The summed E-state index contributed by atoms with van der Waals surface area (Å²) in [5.41, 5.74) is 0.885. The van der Waals surface area contributed by atoms with Gasteiger partial charge in [0, 0.05) is 12.6 Å². The molecule has 3 fully saturated rings. The van der Waals surface area contributed by atoms with Gasteiger partial charge in [-0.05, 0) is 50.7 Å². The standard InChI is InChI=1S/C21H27FN2O3/c1-12-6-7-16(22)15(8-12)20(26)23-17-9-13-10-18(17)24(11-13)21(27)14-4-2-3-5-19(14)25/h6-8,13-14,17-19,25H,2-5,9-11H2,1H3,(H,23,26)/t13-,14-,17-,18-,19-/m1/s1. The third-order valence-electron chi connectivity index (χ3n) is 6.49. The lowest BCUT2D eigenvalue weighted by molar-refractivity contribution is -0.143. The second kappa shape index (κ2) is 7.23. The first-order valence-electron chi connectivity index (χ1n) is 9.99. The minimum atomic E-state index is -0.556. The van der Waals surface area contributed by atoms with Crippen LogP contribution in [0.25, 0.3) is 0 Å². The molecule has 6 heteroatoms. The molecular formula is C21H27FN2O3. The predicted octanol–water partition coefficient (Wildman–Crippen LogP) is 2.40. The summed E-state index contributed by atoms with van der Waals surface area (Å²) in [5.74, 6) is -0.871. The number of halogens is 1. The van der Waals surface area contributed by atoms with Crippen LogP contribution in [0.5, 0.6) is 0 Å². The molecule has 3 aliphatic rings. The number of hydrogen-bond donors (Lipinski definition) is 2. The molecule has 1 saturated heterocycles. The molecule has 2 saturated carbocycles. The van der Waals surface area contributed by atoms with Crippen molar-refractivity contribution in [2.45, 2.75) is 63.6 Å². The fourth-order valence-electron chi connectivity index (χ4n) is 5.11.